The fourth-order valence-electron chi connectivity index (χ4n) is 5.28. The van der Waals surface area contributed by atoms with Crippen molar-refractivity contribution in [2.75, 3.05) is 41.8 Å². The highest BCUT2D eigenvalue weighted by Crippen LogP contribution is 2.35. The van der Waals surface area contributed by atoms with E-state index in [1.165, 1.54) is 5.69 Å². The zero-order valence-corrected chi connectivity index (χ0v) is 23.8. The third kappa shape index (κ3) is 5.05. The van der Waals surface area contributed by atoms with Gasteiger partial charge in [0.25, 0.3) is 6.01 Å². The lowest BCUT2D eigenvalue weighted by molar-refractivity contribution is 0.122. The predicted molar refractivity (Wildman–Crippen MR) is 170 cm³/mol. The Bertz CT molecular complexity index is 2010. The van der Waals surface area contributed by atoms with Crippen molar-refractivity contribution >= 4 is 56.4 Å². The maximum absolute atomic E-state index is 5.87. The monoisotopic (exact) mass is 586 g/mol. The third-order valence-corrected chi connectivity index (χ3v) is 8.10. The molecule has 0 spiro atoms. The summed E-state index contributed by atoms with van der Waals surface area (Å²) in [5.74, 6) is 0.513. The van der Waals surface area contributed by atoms with Crippen LogP contribution in [0.2, 0.25) is 0 Å². The number of ether oxygens (including phenoxy) is 1. The second kappa shape index (κ2) is 10.9. The molecule has 3 aromatic carbocycles. The highest BCUT2D eigenvalue weighted by molar-refractivity contribution is 7.15. The van der Waals surface area contributed by atoms with Gasteiger partial charge in [-0.3, -0.25) is 4.40 Å². The summed E-state index contributed by atoms with van der Waals surface area (Å²) in [5, 5.41) is 8.69. The van der Waals surface area contributed by atoms with Gasteiger partial charge in [0.2, 0.25) is 5.95 Å². The lowest BCUT2D eigenvalue weighted by Gasteiger charge is -2.28. The zero-order valence-electron chi connectivity index (χ0n) is 23.0. The number of nitrogens with zero attached hydrogens (tertiary/aromatic N) is 6. The van der Waals surface area contributed by atoms with E-state index >= 15 is 0 Å². The van der Waals surface area contributed by atoms with Gasteiger partial charge in [-0.1, -0.05) is 24.3 Å². The Morgan fingerprint density at radius 2 is 1.70 bits per heavy atom. The first-order valence-electron chi connectivity index (χ1n) is 14.0. The molecular formula is C32H26N8O2S. The molecule has 10 nitrogen and oxygen atoms in total. The van der Waals surface area contributed by atoms with Crippen LogP contribution in [0.3, 0.4) is 0 Å². The summed E-state index contributed by atoms with van der Waals surface area (Å²) in [4.78, 5) is 22.2. The zero-order chi connectivity index (χ0) is 28.6. The van der Waals surface area contributed by atoms with E-state index < -0.39 is 0 Å². The molecule has 0 saturated carbocycles. The van der Waals surface area contributed by atoms with Crippen LogP contribution in [0.5, 0.6) is 0 Å². The molecule has 1 aliphatic rings. The summed E-state index contributed by atoms with van der Waals surface area (Å²) in [7, 11) is 0. The van der Waals surface area contributed by atoms with Gasteiger partial charge in [0.15, 0.2) is 10.5 Å². The first-order chi connectivity index (χ1) is 21.3. The number of fused-ring (bicyclic) bond motifs is 2. The summed E-state index contributed by atoms with van der Waals surface area (Å²) in [6, 6.07) is 26.4. The van der Waals surface area contributed by atoms with Gasteiger partial charge in [0.1, 0.15) is 11.2 Å². The standard InChI is InChI=1S/C32H26N8O2S/c1-2-7-27-25(6-1)37-31(42-27)35-23-5-3-4-21(20-23)28-29(40-16-19-43-32(40)38-28)26-12-13-33-30(36-26)34-22-8-10-24(11-9-22)39-14-17-41-18-15-39/h1-13,16,19-20H,14-15,17-18H2,(H,35,37)(H,33,34,36). The molecule has 2 N–H and O–H groups in total. The van der Waals surface area contributed by atoms with Crippen molar-refractivity contribution in [1.29, 1.82) is 0 Å². The number of nitrogens with one attached hydrogen (secondary N) is 2. The maximum Gasteiger partial charge on any atom is 0.300 e. The van der Waals surface area contributed by atoms with Crippen molar-refractivity contribution < 1.29 is 9.15 Å². The minimum Gasteiger partial charge on any atom is -0.423 e. The Kier molecular flexibility index (Phi) is 6.43. The number of morpholine rings is 1. The first kappa shape index (κ1) is 25.5. The van der Waals surface area contributed by atoms with Gasteiger partial charge in [-0.05, 0) is 54.6 Å². The van der Waals surface area contributed by atoms with Crippen LogP contribution in [0.4, 0.5) is 29.0 Å². The molecule has 1 fully saturated rings. The molecule has 7 aromatic rings. The van der Waals surface area contributed by atoms with Crippen LogP contribution >= 0.6 is 11.3 Å². The molecule has 5 heterocycles. The van der Waals surface area contributed by atoms with E-state index in [-0.39, 0.29) is 0 Å². The lowest BCUT2D eigenvalue weighted by Crippen LogP contribution is -2.36. The molecule has 11 heteroatoms. The molecule has 0 aliphatic carbocycles. The van der Waals surface area contributed by atoms with Crippen LogP contribution in [0, 0.1) is 0 Å². The topological polar surface area (TPSA) is 106 Å². The largest absolute Gasteiger partial charge is 0.423 e. The highest BCUT2D eigenvalue weighted by Gasteiger charge is 2.19. The average molecular weight is 587 g/mol. The van der Waals surface area contributed by atoms with Gasteiger partial charge in [-0.15, -0.1) is 11.3 Å². The van der Waals surface area contributed by atoms with Crippen molar-refractivity contribution in [3.8, 4) is 22.6 Å². The number of thiazole rings is 1. The van der Waals surface area contributed by atoms with Crippen molar-refractivity contribution in [1.82, 2.24) is 24.3 Å². The van der Waals surface area contributed by atoms with Crippen molar-refractivity contribution in [3.63, 3.8) is 0 Å². The van der Waals surface area contributed by atoms with Gasteiger partial charge in [-0.25, -0.2) is 15.0 Å². The molecule has 0 radical (unpaired) electrons. The molecule has 212 valence electrons. The van der Waals surface area contributed by atoms with Crippen molar-refractivity contribution in [2.24, 2.45) is 0 Å². The number of imidazole rings is 1. The van der Waals surface area contributed by atoms with E-state index in [2.05, 4.69) is 54.2 Å². The minimum absolute atomic E-state index is 0.439. The van der Waals surface area contributed by atoms with Crippen LogP contribution in [-0.2, 0) is 4.74 Å². The van der Waals surface area contributed by atoms with Gasteiger partial charge >= 0.3 is 0 Å². The van der Waals surface area contributed by atoms with E-state index in [4.69, 9.17) is 19.1 Å². The van der Waals surface area contributed by atoms with Crippen LogP contribution < -0.4 is 15.5 Å². The Morgan fingerprint density at radius 3 is 2.58 bits per heavy atom. The molecular weight excluding hydrogens is 560 g/mol. The van der Waals surface area contributed by atoms with E-state index in [9.17, 15) is 0 Å². The van der Waals surface area contributed by atoms with Crippen molar-refractivity contribution in [3.05, 3.63) is 96.6 Å². The van der Waals surface area contributed by atoms with Crippen molar-refractivity contribution in [2.45, 2.75) is 0 Å². The molecule has 0 bridgehead atoms. The number of oxazole rings is 1. The molecule has 8 rings (SSSR count). The molecule has 43 heavy (non-hydrogen) atoms. The second-order valence-electron chi connectivity index (χ2n) is 10.1. The fraction of sp³-hybridized carbons (Fsp3) is 0.125. The quantitative estimate of drug-likeness (QED) is 0.204. The van der Waals surface area contributed by atoms with Gasteiger partial charge in [0, 0.05) is 53.5 Å². The van der Waals surface area contributed by atoms with E-state index in [0.29, 0.717) is 12.0 Å². The van der Waals surface area contributed by atoms with Crippen LogP contribution in [-0.4, -0.2) is 50.6 Å². The average Bonchev–Trinajstić information content (AvgIpc) is 3.77. The molecule has 1 aliphatic heterocycles. The Morgan fingerprint density at radius 1 is 0.814 bits per heavy atom. The summed E-state index contributed by atoms with van der Waals surface area (Å²) in [6.07, 6.45) is 3.79. The number of benzene rings is 3. The number of hydrogen-bond donors (Lipinski definition) is 2. The predicted octanol–water partition coefficient (Wildman–Crippen LogP) is 6.98. The number of rotatable bonds is 7. The Balaban J connectivity index is 1.09. The van der Waals surface area contributed by atoms with Crippen LogP contribution in [0.25, 0.3) is 38.7 Å². The second-order valence-corrected chi connectivity index (χ2v) is 11.0. The molecule has 0 atom stereocenters. The maximum atomic E-state index is 5.87. The summed E-state index contributed by atoms with van der Waals surface area (Å²) < 4.78 is 13.4. The number of aromatic nitrogens is 5. The highest BCUT2D eigenvalue weighted by atomic mass is 32.1. The van der Waals surface area contributed by atoms with Crippen LogP contribution in [0.1, 0.15) is 0 Å². The Hall–Kier alpha value is -5.26. The SMILES string of the molecule is c1cc(Nc2nc3ccccc3o2)cc(-c2nc3sccn3c2-c2ccnc(Nc3ccc(N4CCOCC4)cc3)n2)c1. The molecule has 0 unspecified atom stereocenters. The Labute approximate surface area is 250 Å². The minimum atomic E-state index is 0.439. The van der Waals surface area contributed by atoms with Gasteiger partial charge in [0.05, 0.1) is 24.6 Å². The number of para-hydroxylation sites is 2. The van der Waals surface area contributed by atoms with E-state index in [1.54, 1.807) is 17.5 Å². The lowest BCUT2D eigenvalue weighted by atomic mass is 10.1. The number of anilines is 5. The molecule has 1 saturated heterocycles. The third-order valence-electron chi connectivity index (χ3n) is 7.34. The van der Waals surface area contributed by atoms with E-state index in [1.807, 2.05) is 66.2 Å². The van der Waals surface area contributed by atoms with Crippen LogP contribution in [0.15, 0.2) is 101 Å². The van der Waals surface area contributed by atoms with Gasteiger partial charge in [-0.2, -0.15) is 4.98 Å². The van der Waals surface area contributed by atoms with E-state index in [0.717, 1.165) is 76.4 Å². The smallest absolute Gasteiger partial charge is 0.300 e. The number of hydrogen-bond acceptors (Lipinski definition) is 10. The van der Waals surface area contributed by atoms with Gasteiger partial charge < -0.3 is 24.7 Å². The first-order valence-corrected chi connectivity index (χ1v) is 14.9. The summed E-state index contributed by atoms with van der Waals surface area (Å²) in [5.41, 5.74) is 7.91. The summed E-state index contributed by atoms with van der Waals surface area (Å²) >= 11 is 1.58. The molecule has 0 amide bonds. The summed E-state index contributed by atoms with van der Waals surface area (Å²) in [6.45, 7) is 3.32. The normalized spacial score (nSPS) is 13.5. The fourth-order valence-corrected chi connectivity index (χ4v) is 6.00. The molecule has 4 aromatic heterocycles.